The molecule has 204 valence electrons. The Hall–Kier alpha value is -4.98. The van der Waals surface area contributed by atoms with Crippen LogP contribution in [0.25, 0.3) is 5.76 Å². The first-order valence-corrected chi connectivity index (χ1v) is 12.7. The van der Waals surface area contributed by atoms with Crippen molar-refractivity contribution in [1.82, 2.24) is 4.90 Å². The summed E-state index contributed by atoms with van der Waals surface area (Å²) in [6.07, 6.45) is 1.50. The Morgan fingerprint density at radius 2 is 1.68 bits per heavy atom. The summed E-state index contributed by atoms with van der Waals surface area (Å²) < 4.78 is 22.2. The zero-order valence-electron chi connectivity index (χ0n) is 22.4. The van der Waals surface area contributed by atoms with Crippen LogP contribution in [0.15, 0.2) is 95.1 Å². The van der Waals surface area contributed by atoms with Gasteiger partial charge in [-0.15, -0.1) is 0 Å². The van der Waals surface area contributed by atoms with Gasteiger partial charge in [-0.25, -0.2) is 0 Å². The molecule has 1 aliphatic rings. The summed E-state index contributed by atoms with van der Waals surface area (Å²) in [5, 5.41) is 11.4. The van der Waals surface area contributed by atoms with E-state index in [1.165, 1.54) is 25.4 Å². The molecule has 8 nitrogen and oxygen atoms in total. The van der Waals surface area contributed by atoms with Crippen LogP contribution in [0, 0.1) is 6.92 Å². The van der Waals surface area contributed by atoms with Crippen molar-refractivity contribution >= 4 is 17.4 Å². The predicted molar refractivity (Wildman–Crippen MR) is 148 cm³/mol. The fourth-order valence-electron chi connectivity index (χ4n) is 4.78. The minimum absolute atomic E-state index is 0.0302. The number of methoxy groups -OCH3 is 2. The Morgan fingerprint density at radius 3 is 2.35 bits per heavy atom. The fraction of sp³-hybridized carbons (Fsp3) is 0.188. The van der Waals surface area contributed by atoms with Gasteiger partial charge in [0.05, 0.1) is 38.6 Å². The number of amides is 1. The highest BCUT2D eigenvalue weighted by atomic mass is 16.5. The Morgan fingerprint density at radius 1 is 0.925 bits per heavy atom. The molecule has 0 bridgehead atoms. The summed E-state index contributed by atoms with van der Waals surface area (Å²) in [4.78, 5) is 28.0. The summed E-state index contributed by atoms with van der Waals surface area (Å²) >= 11 is 0. The second-order valence-corrected chi connectivity index (χ2v) is 9.36. The van der Waals surface area contributed by atoms with Crippen molar-refractivity contribution in [3.05, 3.63) is 119 Å². The smallest absolute Gasteiger partial charge is 0.296 e. The van der Waals surface area contributed by atoms with E-state index in [1.807, 2.05) is 31.2 Å². The molecule has 1 aliphatic heterocycles. The van der Waals surface area contributed by atoms with Gasteiger partial charge >= 0.3 is 0 Å². The molecule has 1 amide bonds. The van der Waals surface area contributed by atoms with Crippen molar-refractivity contribution in [3.8, 4) is 17.2 Å². The highest BCUT2D eigenvalue weighted by Crippen LogP contribution is 2.42. The number of likely N-dealkylation sites (tertiary alicyclic amines) is 1. The minimum Gasteiger partial charge on any atom is -0.507 e. The topological polar surface area (TPSA) is 98.4 Å². The number of carbonyl (C=O) groups is 2. The number of Topliss-reactive ketones (excluding diaryl/α,β-unsaturated/α-hetero) is 1. The van der Waals surface area contributed by atoms with Crippen LogP contribution in [0.5, 0.6) is 17.2 Å². The zero-order chi connectivity index (χ0) is 28.2. The van der Waals surface area contributed by atoms with Crippen LogP contribution < -0.4 is 14.2 Å². The molecule has 3 aromatic carbocycles. The van der Waals surface area contributed by atoms with E-state index in [1.54, 1.807) is 54.6 Å². The molecule has 1 N–H and O–H groups in total. The van der Waals surface area contributed by atoms with E-state index in [-0.39, 0.29) is 17.9 Å². The molecule has 0 unspecified atom stereocenters. The van der Waals surface area contributed by atoms with Crippen molar-refractivity contribution in [1.29, 1.82) is 0 Å². The van der Waals surface area contributed by atoms with Crippen molar-refractivity contribution < 1.29 is 33.3 Å². The van der Waals surface area contributed by atoms with Crippen LogP contribution >= 0.6 is 0 Å². The number of hydrogen-bond acceptors (Lipinski definition) is 7. The van der Waals surface area contributed by atoms with Crippen molar-refractivity contribution in [2.45, 2.75) is 26.1 Å². The van der Waals surface area contributed by atoms with E-state index in [4.69, 9.17) is 18.6 Å². The Labute approximate surface area is 232 Å². The van der Waals surface area contributed by atoms with Gasteiger partial charge in [-0.05, 0) is 72.1 Å². The number of rotatable bonds is 9. The van der Waals surface area contributed by atoms with E-state index >= 15 is 0 Å². The minimum atomic E-state index is -0.887. The molecular formula is C32H29NO7. The third kappa shape index (κ3) is 5.16. The maximum atomic E-state index is 13.4. The normalized spacial score (nSPS) is 16.3. The van der Waals surface area contributed by atoms with Gasteiger partial charge in [0.15, 0.2) is 11.5 Å². The molecular weight excluding hydrogens is 510 g/mol. The van der Waals surface area contributed by atoms with Gasteiger partial charge in [0.25, 0.3) is 11.7 Å². The van der Waals surface area contributed by atoms with Crippen LogP contribution in [0.3, 0.4) is 0 Å². The summed E-state index contributed by atoms with van der Waals surface area (Å²) in [6.45, 7) is 2.46. The number of aliphatic hydroxyl groups is 1. The monoisotopic (exact) mass is 539 g/mol. The summed E-state index contributed by atoms with van der Waals surface area (Å²) in [7, 11) is 3.03. The summed E-state index contributed by atoms with van der Waals surface area (Å²) in [5.74, 6) is 0.219. The van der Waals surface area contributed by atoms with Gasteiger partial charge < -0.3 is 28.6 Å². The first-order valence-electron chi connectivity index (χ1n) is 12.7. The highest BCUT2D eigenvalue weighted by molar-refractivity contribution is 6.46. The molecule has 0 aliphatic carbocycles. The Bertz CT molecular complexity index is 1550. The largest absolute Gasteiger partial charge is 0.507 e. The fourth-order valence-corrected chi connectivity index (χ4v) is 4.78. The number of ketones is 1. The zero-order valence-corrected chi connectivity index (χ0v) is 22.4. The molecule has 1 atom stereocenters. The lowest BCUT2D eigenvalue weighted by atomic mass is 9.95. The lowest BCUT2D eigenvalue weighted by Crippen LogP contribution is -2.29. The number of aliphatic hydroxyl groups excluding tert-OH is 1. The first kappa shape index (κ1) is 26.6. The van der Waals surface area contributed by atoms with E-state index in [9.17, 15) is 14.7 Å². The molecule has 8 heteroatoms. The molecule has 40 heavy (non-hydrogen) atoms. The molecule has 5 rings (SSSR count). The van der Waals surface area contributed by atoms with Gasteiger partial charge in [-0.3, -0.25) is 9.59 Å². The molecule has 2 heterocycles. The molecule has 1 fully saturated rings. The van der Waals surface area contributed by atoms with Crippen LogP contribution in [0.4, 0.5) is 0 Å². The van der Waals surface area contributed by atoms with Gasteiger partial charge in [0, 0.05) is 5.56 Å². The SMILES string of the molecule is COc1ccc([C@H]2C(=C(O)c3ccc(OCc4ccccc4C)cc3)C(=O)C(=O)N2Cc2ccco2)cc1OC. The number of furan rings is 1. The molecule has 0 radical (unpaired) electrons. The highest BCUT2D eigenvalue weighted by Gasteiger charge is 2.46. The second-order valence-electron chi connectivity index (χ2n) is 9.36. The van der Waals surface area contributed by atoms with Crippen LogP contribution in [0.2, 0.25) is 0 Å². The molecule has 0 spiro atoms. The van der Waals surface area contributed by atoms with Gasteiger partial charge in [-0.1, -0.05) is 30.3 Å². The maximum absolute atomic E-state index is 13.4. The number of ether oxygens (including phenoxy) is 3. The van der Waals surface area contributed by atoms with Crippen LogP contribution in [-0.4, -0.2) is 35.9 Å². The van der Waals surface area contributed by atoms with E-state index in [0.717, 1.165) is 11.1 Å². The number of aryl methyl sites for hydroxylation is 1. The van der Waals surface area contributed by atoms with Crippen molar-refractivity contribution in [2.24, 2.45) is 0 Å². The standard InChI is InChI=1S/C32H29NO7/c1-20-7-4-5-8-23(20)19-40-24-13-10-21(11-14-24)30(34)28-29(22-12-15-26(37-2)27(17-22)38-3)33(32(36)31(28)35)18-25-9-6-16-39-25/h4-17,29,34H,18-19H2,1-3H3/t29-/m0/s1. The van der Waals surface area contributed by atoms with Crippen LogP contribution in [-0.2, 0) is 22.7 Å². The Balaban J connectivity index is 1.51. The van der Waals surface area contributed by atoms with Crippen molar-refractivity contribution in [2.75, 3.05) is 14.2 Å². The molecule has 1 saturated heterocycles. The Kier molecular flexibility index (Phi) is 7.59. The van der Waals surface area contributed by atoms with E-state index in [2.05, 4.69) is 0 Å². The third-order valence-corrected chi connectivity index (χ3v) is 6.95. The quantitative estimate of drug-likeness (QED) is 0.163. The van der Waals surface area contributed by atoms with Crippen molar-refractivity contribution in [3.63, 3.8) is 0 Å². The molecule has 0 saturated carbocycles. The average Bonchev–Trinajstić information content (AvgIpc) is 3.58. The maximum Gasteiger partial charge on any atom is 0.296 e. The lowest BCUT2D eigenvalue weighted by Gasteiger charge is -2.25. The lowest BCUT2D eigenvalue weighted by molar-refractivity contribution is -0.140. The van der Waals surface area contributed by atoms with Crippen LogP contribution in [0.1, 0.15) is 34.1 Å². The third-order valence-electron chi connectivity index (χ3n) is 6.95. The number of nitrogens with zero attached hydrogens (tertiary/aromatic N) is 1. The van der Waals surface area contributed by atoms with E-state index < -0.39 is 17.7 Å². The van der Waals surface area contributed by atoms with Gasteiger partial charge in [0.2, 0.25) is 0 Å². The molecule has 1 aromatic heterocycles. The summed E-state index contributed by atoms with van der Waals surface area (Å²) in [5.41, 5.74) is 3.12. The summed E-state index contributed by atoms with van der Waals surface area (Å²) in [6, 6.07) is 22.4. The first-order chi connectivity index (χ1) is 19.4. The second kappa shape index (κ2) is 11.4. The predicted octanol–water partition coefficient (Wildman–Crippen LogP) is 5.81. The van der Waals surface area contributed by atoms with E-state index in [0.29, 0.717) is 40.7 Å². The molecule has 4 aromatic rings. The van der Waals surface area contributed by atoms with Gasteiger partial charge in [-0.2, -0.15) is 0 Å². The number of benzene rings is 3. The average molecular weight is 540 g/mol. The number of hydrogen-bond donors (Lipinski definition) is 1. The van der Waals surface area contributed by atoms with Gasteiger partial charge in [0.1, 0.15) is 23.9 Å². The number of carbonyl (C=O) groups excluding carboxylic acids is 2.